The monoisotopic (exact) mass is 541 g/mol. The van der Waals surface area contributed by atoms with E-state index >= 15 is 0 Å². The van der Waals surface area contributed by atoms with Gasteiger partial charge in [-0.25, -0.2) is 0 Å². The fourth-order valence-corrected chi connectivity index (χ4v) is 7.09. The van der Waals surface area contributed by atoms with Crippen LogP contribution in [0.2, 0.25) is 0 Å². The van der Waals surface area contributed by atoms with Crippen LogP contribution in [0.5, 0.6) is 0 Å². The molecular weight excluding hydrogens is 506 g/mol. The fraction of sp³-hybridized carbons (Fsp3) is 0.406. The van der Waals surface area contributed by atoms with Crippen LogP contribution in [-0.2, 0) is 19.1 Å². The van der Waals surface area contributed by atoms with E-state index in [1.807, 2.05) is 93.6 Å². The molecule has 208 valence electrons. The Balaban J connectivity index is 1.50. The summed E-state index contributed by atoms with van der Waals surface area (Å²) in [4.78, 5) is 48.2. The van der Waals surface area contributed by atoms with E-state index in [9.17, 15) is 19.5 Å². The third kappa shape index (κ3) is 3.69. The van der Waals surface area contributed by atoms with Crippen molar-refractivity contribution in [3.05, 3.63) is 84.0 Å². The molecule has 6 atom stereocenters. The van der Waals surface area contributed by atoms with Crippen LogP contribution in [-0.4, -0.2) is 70.7 Å². The zero-order valence-electron chi connectivity index (χ0n) is 23.3. The van der Waals surface area contributed by atoms with E-state index in [1.54, 1.807) is 16.7 Å². The summed E-state index contributed by atoms with van der Waals surface area (Å²) < 4.78 is 6.87. The highest BCUT2D eigenvalue weighted by molar-refractivity contribution is 6.08. The number of para-hydroxylation sites is 1. The van der Waals surface area contributed by atoms with Gasteiger partial charge in [0.15, 0.2) is 0 Å². The number of hydrogen-bond acceptors (Lipinski definition) is 5. The summed E-state index contributed by atoms with van der Waals surface area (Å²) in [5.41, 5.74) is 0.978. The van der Waals surface area contributed by atoms with Gasteiger partial charge in [0, 0.05) is 24.5 Å². The number of nitrogens with zero attached hydrogens (tertiary/aromatic N) is 3. The predicted octanol–water partition coefficient (Wildman–Crippen LogP) is 3.16. The molecule has 4 aliphatic rings. The maximum atomic E-state index is 14.6. The summed E-state index contributed by atoms with van der Waals surface area (Å²) in [7, 11) is 0. The maximum Gasteiger partial charge on any atom is 0.253 e. The van der Waals surface area contributed by atoms with E-state index in [4.69, 9.17) is 4.74 Å². The first-order valence-corrected chi connectivity index (χ1v) is 13.9. The fourth-order valence-electron chi connectivity index (χ4n) is 7.09. The quantitative estimate of drug-likeness (QED) is 0.601. The first kappa shape index (κ1) is 26.5. The van der Waals surface area contributed by atoms with Crippen molar-refractivity contribution in [2.75, 3.05) is 29.5 Å². The van der Waals surface area contributed by atoms with Crippen LogP contribution in [0.25, 0.3) is 0 Å². The van der Waals surface area contributed by atoms with Crippen molar-refractivity contribution in [1.82, 2.24) is 4.90 Å². The minimum Gasteiger partial charge on any atom is -0.394 e. The Labute approximate surface area is 234 Å². The molecule has 0 bridgehead atoms. The van der Waals surface area contributed by atoms with Gasteiger partial charge in [-0.2, -0.15) is 0 Å². The van der Waals surface area contributed by atoms with Crippen molar-refractivity contribution in [1.29, 1.82) is 0 Å². The van der Waals surface area contributed by atoms with Crippen molar-refractivity contribution < 1.29 is 24.2 Å². The topological polar surface area (TPSA) is 90.4 Å². The molecule has 2 aromatic carbocycles. The van der Waals surface area contributed by atoms with Crippen LogP contribution in [0.3, 0.4) is 0 Å². The summed E-state index contributed by atoms with van der Waals surface area (Å²) in [5.74, 6) is -2.65. The zero-order valence-corrected chi connectivity index (χ0v) is 23.3. The highest BCUT2D eigenvalue weighted by Crippen LogP contribution is 2.58. The number of amides is 3. The number of aryl methyl sites for hydroxylation is 2. The number of hydrogen-bond donors (Lipinski definition) is 1. The van der Waals surface area contributed by atoms with Gasteiger partial charge in [0.05, 0.1) is 30.1 Å². The Bertz CT molecular complexity index is 1440. The molecule has 0 aliphatic carbocycles. The number of rotatable bonds is 4. The van der Waals surface area contributed by atoms with Crippen LogP contribution < -0.4 is 9.80 Å². The summed E-state index contributed by atoms with van der Waals surface area (Å²) in [5, 5.41) is 10.2. The normalized spacial score (nSPS) is 32.1. The Morgan fingerprint density at radius 2 is 1.62 bits per heavy atom. The number of ether oxygens (including phenoxy) is 1. The smallest absolute Gasteiger partial charge is 0.253 e. The summed E-state index contributed by atoms with van der Waals surface area (Å²) in [6.45, 7) is 7.82. The molecule has 1 N–H and O–H groups in total. The molecule has 1 unspecified atom stereocenters. The standard InChI is InChI=1S/C32H35N3O5/c1-20-12-13-21(2)24(18-20)34-17-9-15-32-26(29(38)35(22(3)19-36)27(32)30(34)39)25-28(37)33(23-10-6-5-7-11-23)16-8-14-31(25,4)40-32/h5-15,18,22,25-27,36H,16-17,19H2,1-4H3/t22-,25-,26+,27?,31+,32+/m1/s1. The van der Waals surface area contributed by atoms with Gasteiger partial charge in [-0.3, -0.25) is 14.4 Å². The summed E-state index contributed by atoms with van der Waals surface area (Å²) >= 11 is 0. The van der Waals surface area contributed by atoms with E-state index in [0.29, 0.717) is 13.1 Å². The molecule has 1 spiro atoms. The number of carbonyl (C=O) groups excluding carboxylic acids is 3. The van der Waals surface area contributed by atoms with Crippen LogP contribution in [0, 0.1) is 25.7 Å². The van der Waals surface area contributed by atoms with Gasteiger partial charge in [-0.1, -0.05) is 54.6 Å². The van der Waals surface area contributed by atoms with Gasteiger partial charge in [-0.15, -0.1) is 0 Å². The Morgan fingerprint density at radius 3 is 2.35 bits per heavy atom. The number of benzene rings is 2. The largest absolute Gasteiger partial charge is 0.394 e. The first-order chi connectivity index (χ1) is 19.1. The number of anilines is 2. The molecule has 2 saturated heterocycles. The van der Waals surface area contributed by atoms with Crippen LogP contribution >= 0.6 is 0 Å². The molecule has 40 heavy (non-hydrogen) atoms. The van der Waals surface area contributed by atoms with Gasteiger partial charge in [-0.05, 0) is 57.0 Å². The molecule has 8 heteroatoms. The number of aliphatic hydroxyl groups excluding tert-OH is 1. The van der Waals surface area contributed by atoms with Crippen molar-refractivity contribution in [3.8, 4) is 0 Å². The second-order valence-electron chi connectivity index (χ2n) is 11.6. The maximum absolute atomic E-state index is 14.6. The molecule has 6 rings (SSSR count). The average Bonchev–Trinajstić information content (AvgIpc) is 3.22. The second kappa shape index (κ2) is 9.42. The highest BCUT2D eigenvalue weighted by Gasteiger charge is 2.75. The second-order valence-corrected chi connectivity index (χ2v) is 11.6. The van der Waals surface area contributed by atoms with Gasteiger partial charge in [0.25, 0.3) is 5.91 Å². The molecule has 0 saturated carbocycles. The lowest BCUT2D eigenvalue weighted by Crippen LogP contribution is -2.58. The minimum atomic E-state index is -1.37. The van der Waals surface area contributed by atoms with Crippen molar-refractivity contribution >= 4 is 29.1 Å². The average molecular weight is 542 g/mol. The first-order valence-electron chi connectivity index (χ1n) is 13.9. The van der Waals surface area contributed by atoms with Crippen molar-refractivity contribution in [3.63, 3.8) is 0 Å². The van der Waals surface area contributed by atoms with Crippen LogP contribution in [0.1, 0.15) is 25.0 Å². The molecule has 8 nitrogen and oxygen atoms in total. The SMILES string of the molecule is Cc1ccc(C)c(N2CC=C[C@]34O[C@@]5(C)C=CCN(c6ccccc6)C(=O)[C@H]5[C@H]3C(=O)N([C@H](C)CO)C4C2=O)c1. The molecule has 2 fully saturated rings. The van der Waals surface area contributed by atoms with E-state index in [2.05, 4.69) is 0 Å². The molecular formula is C32H35N3O5. The van der Waals surface area contributed by atoms with Crippen LogP contribution in [0.15, 0.2) is 72.8 Å². The molecule has 0 aromatic heterocycles. The van der Waals surface area contributed by atoms with Crippen molar-refractivity contribution in [2.24, 2.45) is 11.8 Å². The van der Waals surface area contributed by atoms with Crippen molar-refractivity contribution in [2.45, 2.75) is 51.0 Å². The number of aliphatic hydroxyl groups is 1. The number of carbonyl (C=O) groups is 3. The highest BCUT2D eigenvalue weighted by atomic mass is 16.5. The van der Waals surface area contributed by atoms with Gasteiger partial charge in [0.1, 0.15) is 11.6 Å². The number of fused-ring (bicyclic) bond motifs is 2. The third-order valence-corrected chi connectivity index (χ3v) is 8.96. The van der Waals surface area contributed by atoms with Crippen LogP contribution in [0.4, 0.5) is 11.4 Å². The van der Waals surface area contributed by atoms with E-state index in [1.165, 1.54) is 4.90 Å². The lowest BCUT2D eigenvalue weighted by atomic mass is 9.74. The number of likely N-dealkylation sites (tertiary alicyclic amines) is 1. The van der Waals surface area contributed by atoms with E-state index < -0.39 is 35.1 Å². The van der Waals surface area contributed by atoms with E-state index in [0.717, 1.165) is 22.5 Å². The van der Waals surface area contributed by atoms with E-state index in [-0.39, 0.29) is 24.3 Å². The molecule has 3 amide bonds. The lowest BCUT2D eigenvalue weighted by molar-refractivity contribution is -0.147. The van der Waals surface area contributed by atoms with Gasteiger partial charge in [0.2, 0.25) is 11.8 Å². The summed E-state index contributed by atoms with van der Waals surface area (Å²) in [6, 6.07) is 13.6. The Kier molecular flexibility index (Phi) is 6.23. The molecule has 0 radical (unpaired) electrons. The minimum absolute atomic E-state index is 0.220. The Hall–Kier alpha value is -3.75. The molecule has 4 aliphatic heterocycles. The van der Waals surface area contributed by atoms with Gasteiger partial charge >= 0.3 is 0 Å². The molecule has 2 aromatic rings. The Morgan fingerprint density at radius 1 is 0.925 bits per heavy atom. The molecule has 4 heterocycles. The zero-order chi connectivity index (χ0) is 28.4. The van der Waals surface area contributed by atoms with Gasteiger partial charge < -0.3 is 24.5 Å². The summed E-state index contributed by atoms with van der Waals surface area (Å²) in [6.07, 6.45) is 7.49. The third-order valence-electron chi connectivity index (χ3n) is 8.96. The lowest BCUT2D eigenvalue weighted by Gasteiger charge is -2.39. The predicted molar refractivity (Wildman–Crippen MR) is 152 cm³/mol.